The van der Waals surface area contributed by atoms with Crippen LogP contribution in [0.1, 0.15) is 34.0 Å². The lowest BCUT2D eigenvalue weighted by Crippen LogP contribution is -2.48. The number of amides is 1. The number of ether oxygens (including phenoxy) is 1. The maximum atomic E-state index is 13.9. The molecule has 222 valence electrons. The standard InChI is InChI=1S/C30H37F2N3O5S/c1-4-21-6-5-7-22(14-21)19-33-20-29(36)28(17-23-15-25(31)18-26(32)16-23)34-30(37)24-8-10-27(11-9-24)35(12-13-40-2)41(3,38)39/h5-11,14-16,18,28-29,33,36H,4,12-13,17,19-20H2,1-3H3,(H,34,37)/t28-,29+/m0/s1. The first kappa shape index (κ1) is 32.1. The number of aliphatic hydroxyl groups is 1. The molecule has 0 bridgehead atoms. The predicted octanol–water partition coefficient (Wildman–Crippen LogP) is 3.43. The number of carbonyl (C=O) groups excluding carboxylic acids is 1. The number of nitrogens with zero attached hydrogens (tertiary/aromatic N) is 1. The van der Waals surface area contributed by atoms with Gasteiger partial charge in [0, 0.05) is 31.8 Å². The van der Waals surface area contributed by atoms with Crippen LogP contribution in [-0.2, 0) is 34.1 Å². The lowest BCUT2D eigenvalue weighted by atomic mass is 10.00. The summed E-state index contributed by atoms with van der Waals surface area (Å²) in [5.74, 6) is -2.04. The molecule has 0 spiro atoms. The second-order valence-electron chi connectivity index (χ2n) is 9.81. The molecule has 0 aliphatic heterocycles. The molecule has 0 aromatic heterocycles. The zero-order valence-electron chi connectivity index (χ0n) is 23.4. The fraction of sp³-hybridized carbons (Fsp3) is 0.367. The van der Waals surface area contributed by atoms with Crippen molar-refractivity contribution in [2.75, 3.05) is 37.4 Å². The number of halogens is 2. The molecule has 0 saturated heterocycles. The molecule has 0 fully saturated rings. The number of rotatable bonds is 15. The van der Waals surface area contributed by atoms with Gasteiger partial charge in [-0.05, 0) is 65.9 Å². The van der Waals surface area contributed by atoms with E-state index in [1.54, 1.807) is 0 Å². The van der Waals surface area contributed by atoms with Gasteiger partial charge >= 0.3 is 0 Å². The summed E-state index contributed by atoms with van der Waals surface area (Å²) in [6, 6.07) is 16.2. The van der Waals surface area contributed by atoms with Crippen molar-refractivity contribution in [3.05, 3.63) is 101 Å². The van der Waals surface area contributed by atoms with E-state index in [1.165, 1.54) is 41.2 Å². The van der Waals surface area contributed by atoms with Crippen molar-refractivity contribution < 1.29 is 31.8 Å². The first-order valence-electron chi connectivity index (χ1n) is 13.3. The molecule has 0 unspecified atom stereocenters. The van der Waals surface area contributed by atoms with E-state index in [0.29, 0.717) is 12.2 Å². The molecular weight excluding hydrogens is 552 g/mol. The zero-order chi connectivity index (χ0) is 30.0. The average molecular weight is 590 g/mol. The number of aliphatic hydroxyl groups excluding tert-OH is 1. The summed E-state index contributed by atoms with van der Waals surface area (Å²) in [6.07, 6.45) is 0.869. The SMILES string of the molecule is CCc1cccc(CNC[C@@H](O)[C@H](Cc2cc(F)cc(F)c2)NC(=O)c2ccc(N(CCOC)S(C)(=O)=O)cc2)c1. The number of anilines is 1. The summed E-state index contributed by atoms with van der Waals surface area (Å²) in [5.41, 5.74) is 3.09. The number of aryl methyl sites for hydroxylation is 1. The van der Waals surface area contributed by atoms with Crippen molar-refractivity contribution in [3.63, 3.8) is 0 Å². The molecule has 1 amide bonds. The Bertz CT molecular complexity index is 1380. The largest absolute Gasteiger partial charge is 0.390 e. The van der Waals surface area contributed by atoms with Crippen LogP contribution in [-0.4, -0.2) is 64.6 Å². The molecule has 0 aliphatic rings. The molecule has 8 nitrogen and oxygen atoms in total. The van der Waals surface area contributed by atoms with Crippen LogP contribution in [0, 0.1) is 11.6 Å². The van der Waals surface area contributed by atoms with Crippen molar-refractivity contribution in [3.8, 4) is 0 Å². The molecular formula is C30H37F2N3O5S. The van der Waals surface area contributed by atoms with Gasteiger partial charge in [-0.15, -0.1) is 0 Å². The monoisotopic (exact) mass is 589 g/mol. The van der Waals surface area contributed by atoms with E-state index in [2.05, 4.69) is 23.6 Å². The Morgan fingerprint density at radius 2 is 1.66 bits per heavy atom. The smallest absolute Gasteiger partial charge is 0.251 e. The van der Waals surface area contributed by atoms with Gasteiger partial charge in [0.15, 0.2) is 0 Å². The molecule has 2 atom stereocenters. The third-order valence-electron chi connectivity index (χ3n) is 6.56. The average Bonchev–Trinajstić information content (AvgIpc) is 2.92. The van der Waals surface area contributed by atoms with Gasteiger partial charge < -0.3 is 20.5 Å². The Morgan fingerprint density at radius 1 is 1.00 bits per heavy atom. The van der Waals surface area contributed by atoms with E-state index in [-0.39, 0.29) is 37.2 Å². The van der Waals surface area contributed by atoms with Gasteiger partial charge in [0.1, 0.15) is 11.6 Å². The maximum Gasteiger partial charge on any atom is 0.251 e. The van der Waals surface area contributed by atoms with Crippen molar-refractivity contribution in [2.24, 2.45) is 0 Å². The van der Waals surface area contributed by atoms with Crippen LogP contribution in [0.25, 0.3) is 0 Å². The number of sulfonamides is 1. The third kappa shape index (κ3) is 9.89. The Balaban J connectivity index is 1.75. The molecule has 0 heterocycles. The summed E-state index contributed by atoms with van der Waals surface area (Å²) in [7, 11) is -2.11. The second kappa shape index (κ2) is 15.0. The minimum atomic E-state index is -3.58. The maximum absolute atomic E-state index is 13.9. The summed E-state index contributed by atoms with van der Waals surface area (Å²) in [6.45, 7) is 2.96. The molecule has 3 aromatic rings. The van der Waals surface area contributed by atoms with Gasteiger partial charge in [-0.25, -0.2) is 17.2 Å². The number of hydrogen-bond donors (Lipinski definition) is 3. The summed E-state index contributed by atoms with van der Waals surface area (Å²) >= 11 is 0. The van der Waals surface area contributed by atoms with Gasteiger partial charge in [0.25, 0.3) is 5.91 Å². The van der Waals surface area contributed by atoms with Crippen LogP contribution in [0.4, 0.5) is 14.5 Å². The normalized spacial score (nSPS) is 13.0. The fourth-order valence-electron chi connectivity index (χ4n) is 4.42. The van der Waals surface area contributed by atoms with Crippen LogP contribution >= 0.6 is 0 Å². The Hall–Kier alpha value is -3.38. The van der Waals surface area contributed by atoms with Gasteiger partial charge in [0.2, 0.25) is 10.0 Å². The number of methoxy groups -OCH3 is 1. The van der Waals surface area contributed by atoms with Gasteiger partial charge in [0.05, 0.1) is 37.2 Å². The third-order valence-corrected chi connectivity index (χ3v) is 7.75. The second-order valence-corrected chi connectivity index (χ2v) is 11.7. The minimum absolute atomic E-state index is 0.0223. The quantitative estimate of drug-likeness (QED) is 0.251. The highest BCUT2D eigenvalue weighted by Gasteiger charge is 2.24. The van der Waals surface area contributed by atoms with Crippen LogP contribution in [0.5, 0.6) is 0 Å². The van der Waals surface area contributed by atoms with Crippen molar-refractivity contribution in [2.45, 2.75) is 38.5 Å². The van der Waals surface area contributed by atoms with Crippen LogP contribution in [0.3, 0.4) is 0 Å². The highest BCUT2D eigenvalue weighted by molar-refractivity contribution is 7.92. The highest BCUT2D eigenvalue weighted by atomic mass is 32.2. The van der Waals surface area contributed by atoms with Crippen LogP contribution in [0.15, 0.2) is 66.7 Å². The first-order chi connectivity index (χ1) is 19.5. The molecule has 0 aliphatic carbocycles. The van der Waals surface area contributed by atoms with Gasteiger partial charge in [-0.3, -0.25) is 9.10 Å². The van der Waals surface area contributed by atoms with E-state index in [1.807, 2.05) is 18.2 Å². The van der Waals surface area contributed by atoms with Gasteiger partial charge in [-0.1, -0.05) is 31.2 Å². The summed E-state index contributed by atoms with van der Waals surface area (Å²) in [4.78, 5) is 13.2. The number of benzene rings is 3. The van der Waals surface area contributed by atoms with E-state index >= 15 is 0 Å². The minimum Gasteiger partial charge on any atom is -0.390 e. The van der Waals surface area contributed by atoms with E-state index < -0.39 is 39.7 Å². The topological polar surface area (TPSA) is 108 Å². The Kier molecular flexibility index (Phi) is 11.8. The van der Waals surface area contributed by atoms with E-state index in [0.717, 1.165) is 36.4 Å². The summed E-state index contributed by atoms with van der Waals surface area (Å²) < 4.78 is 58.3. The number of nitrogens with one attached hydrogen (secondary N) is 2. The van der Waals surface area contributed by atoms with Crippen LogP contribution in [0.2, 0.25) is 0 Å². The van der Waals surface area contributed by atoms with E-state index in [4.69, 9.17) is 4.74 Å². The van der Waals surface area contributed by atoms with Crippen molar-refractivity contribution >= 4 is 21.6 Å². The number of carbonyl (C=O) groups is 1. The number of hydrogen-bond acceptors (Lipinski definition) is 6. The first-order valence-corrected chi connectivity index (χ1v) is 15.1. The van der Waals surface area contributed by atoms with Gasteiger partial charge in [-0.2, -0.15) is 0 Å². The lowest BCUT2D eigenvalue weighted by Gasteiger charge is -2.25. The highest BCUT2D eigenvalue weighted by Crippen LogP contribution is 2.19. The Labute approximate surface area is 240 Å². The Morgan fingerprint density at radius 3 is 2.27 bits per heavy atom. The molecule has 0 radical (unpaired) electrons. The fourth-order valence-corrected chi connectivity index (χ4v) is 5.33. The summed E-state index contributed by atoms with van der Waals surface area (Å²) in [5, 5.41) is 17.0. The van der Waals surface area contributed by atoms with Crippen molar-refractivity contribution in [1.82, 2.24) is 10.6 Å². The van der Waals surface area contributed by atoms with Crippen LogP contribution < -0.4 is 14.9 Å². The zero-order valence-corrected chi connectivity index (χ0v) is 24.3. The molecule has 0 saturated carbocycles. The molecule has 3 rings (SSSR count). The predicted molar refractivity (Wildman–Crippen MR) is 155 cm³/mol. The lowest BCUT2D eigenvalue weighted by molar-refractivity contribution is 0.0830. The molecule has 11 heteroatoms. The molecule has 3 aromatic carbocycles. The van der Waals surface area contributed by atoms with Crippen molar-refractivity contribution in [1.29, 1.82) is 0 Å². The molecule has 41 heavy (non-hydrogen) atoms. The van der Waals surface area contributed by atoms with E-state index in [9.17, 15) is 27.1 Å². The molecule has 3 N–H and O–H groups in total.